The number of aromatic nitrogens is 1. The van der Waals surface area contributed by atoms with Crippen molar-refractivity contribution in [1.82, 2.24) is 14.8 Å². The summed E-state index contributed by atoms with van der Waals surface area (Å²) >= 11 is 0. The number of ether oxygens (including phenoxy) is 3. The van der Waals surface area contributed by atoms with Crippen molar-refractivity contribution in [2.45, 2.75) is 32.4 Å². The van der Waals surface area contributed by atoms with E-state index in [0.29, 0.717) is 30.1 Å². The topological polar surface area (TPSA) is 110 Å². The lowest BCUT2D eigenvalue weighted by atomic mass is 10.1. The molecule has 0 aliphatic carbocycles. The molecule has 10 nitrogen and oxygen atoms in total. The third kappa shape index (κ3) is 6.84. The largest absolute Gasteiger partial charge is 0.490 e. The van der Waals surface area contributed by atoms with E-state index in [1.807, 2.05) is 20.8 Å². The van der Waals surface area contributed by atoms with Gasteiger partial charge in [-0.05, 0) is 57.2 Å². The number of carbonyl (C=O) groups is 3. The van der Waals surface area contributed by atoms with Crippen LogP contribution in [0.2, 0.25) is 0 Å². The Labute approximate surface area is 198 Å². The fourth-order valence-electron chi connectivity index (χ4n) is 3.39. The monoisotopic (exact) mass is 470 g/mol. The molecule has 1 unspecified atom stereocenters. The maximum Gasteiger partial charge on any atom is 0.410 e. The van der Waals surface area contributed by atoms with E-state index >= 15 is 0 Å². The van der Waals surface area contributed by atoms with Gasteiger partial charge in [0.15, 0.2) is 0 Å². The van der Waals surface area contributed by atoms with Crippen molar-refractivity contribution in [3.8, 4) is 5.75 Å². The summed E-state index contributed by atoms with van der Waals surface area (Å²) in [6, 6.07) is 9.17. The number of piperazine rings is 1. The summed E-state index contributed by atoms with van der Waals surface area (Å²) in [6.07, 6.45) is 2.79. The molecule has 1 aromatic heterocycles. The van der Waals surface area contributed by atoms with E-state index in [1.165, 1.54) is 7.11 Å². The number of esters is 1. The van der Waals surface area contributed by atoms with E-state index in [9.17, 15) is 14.4 Å². The Kier molecular flexibility index (Phi) is 7.93. The van der Waals surface area contributed by atoms with Crippen molar-refractivity contribution in [2.24, 2.45) is 0 Å². The van der Waals surface area contributed by atoms with Gasteiger partial charge in [0.25, 0.3) is 0 Å². The number of pyridine rings is 1. The Morgan fingerprint density at radius 3 is 2.47 bits per heavy atom. The van der Waals surface area contributed by atoms with Crippen LogP contribution in [0.1, 0.15) is 31.1 Å². The molecule has 1 aliphatic heterocycles. The second-order valence-corrected chi connectivity index (χ2v) is 8.77. The second-order valence-electron chi connectivity index (χ2n) is 8.77. The Morgan fingerprint density at radius 2 is 1.85 bits per heavy atom. The number of hydrogen-bond donors (Lipinski definition) is 1. The predicted octanol–water partition coefficient (Wildman–Crippen LogP) is 3.40. The van der Waals surface area contributed by atoms with Crippen molar-refractivity contribution in [3.05, 3.63) is 54.4 Å². The van der Waals surface area contributed by atoms with Gasteiger partial charge in [0, 0.05) is 31.5 Å². The number of urea groups is 1. The molecule has 1 aliphatic rings. The summed E-state index contributed by atoms with van der Waals surface area (Å²) in [5, 5.41) is 2.84. The molecule has 3 rings (SSSR count). The molecular weight excluding hydrogens is 440 g/mol. The molecule has 182 valence electrons. The minimum Gasteiger partial charge on any atom is -0.490 e. The minimum atomic E-state index is -0.621. The highest BCUT2D eigenvalue weighted by molar-refractivity contribution is 5.92. The highest BCUT2D eigenvalue weighted by Crippen LogP contribution is 2.19. The Bertz CT molecular complexity index is 991. The first kappa shape index (κ1) is 24.8. The van der Waals surface area contributed by atoms with Crippen molar-refractivity contribution >= 4 is 23.8 Å². The normalized spacial score (nSPS) is 15.9. The smallest absolute Gasteiger partial charge is 0.410 e. The van der Waals surface area contributed by atoms with Gasteiger partial charge in [-0.15, -0.1) is 0 Å². The van der Waals surface area contributed by atoms with Gasteiger partial charge in [-0.1, -0.05) is 0 Å². The molecule has 3 amide bonds. The molecule has 10 heteroatoms. The zero-order chi connectivity index (χ0) is 24.7. The second kappa shape index (κ2) is 10.9. The van der Waals surface area contributed by atoms with Gasteiger partial charge in [0.2, 0.25) is 0 Å². The molecule has 2 heterocycles. The fourth-order valence-corrected chi connectivity index (χ4v) is 3.39. The van der Waals surface area contributed by atoms with Crippen LogP contribution in [0, 0.1) is 0 Å². The van der Waals surface area contributed by atoms with E-state index < -0.39 is 23.7 Å². The van der Waals surface area contributed by atoms with Crippen LogP contribution < -0.4 is 10.1 Å². The zero-order valence-electron chi connectivity index (χ0n) is 19.8. The lowest BCUT2D eigenvalue weighted by Gasteiger charge is -2.41. The molecule has 1 aromatic carbocycles. The number of carbonyl (C=O) groups excluding carboxylic acids is 3. The maximum absolute atomic E-state index is 13.1. The number of hydrogen-bond acceptors (Lipinski definition) is 7. The summed E-state index contributed by atoms with van der Waals surface area (Å²) in [4.78, 5) is 44.6. The number of methoxy groups -OCH3 is 1. The van der Waals surface area contributed by atoms with Crippen LogP contribution in [0.3, 0.4) is 0 Å². The number of benzene rings is 1. The van der Waals surface area contributed by atoms with E-state index in [4.69, 9.17) is 14.2 Å². The average molecular weight is 471 g/mol. The predicted molar refractivity (Wildman–Crippen MR) is 125 cm³/mol. The summed E-state index contributed by atoms with van der Waals surface area (Å²) in [5.41, 5.74) is 0.289. The number of rotatable bonds is 5. The summed E-state index contributed by atoms with van der Waals surface area (Å²) in [7, 11) is 1.31. The highest BCUT2D eigenvalue weighted by Gasteiger charge is 2.35. The van der Waals surface area contributed by atoms with E-state index in [-0.39, 0.29) is 19.2 Å². The molecule has 1 saturated heterocycles. The Balaban J connectivity index is 1.70. The summed E-state index contributed by atoms with van der Waals surface area (Å²) in [6.45, 7) is 6.47. The van der Waals surface area contributed by atoms with Crippen molar-refractivity contribution in [1.29, 1.82) is 0 Å². The standard InChI is InChI=1S/C24H30N4O6/c1-24(2,3)34-23(31)27-12-13-28(19(15-27)16-33-20-6-5-11-25-14-20)22(30)26-18-9-7-17(8-10-18)21(29)32-4/h5-11,14,19H,12-13,15-16H2,1-4H3,(H,26,30). The minimum absolute atomic E-state index is 0.166. The van der Waals surface area contributed by atoms with Crippen LogP contribution in [0.5, 0.6) is 5.75 Å². The van der Waals surface area contributed by atoms with E-state index in [2.05, 4.69) is 10.3 Å². The van der Waals surface area contributed by atoms with Gasteiger partial charge in [0.1, 0.15) is 18.0 Å². The van der Waals surface area contributed by atoms with Gasteiger partial charge in [0.05, 0.1) is 24.9 Å². The third-order valence-corrected chi connectivity index (χ3v) is 5.03. The fraction of sp³-hybridized carbons (Fsp3) is 0.417. The van der Waals surface area contributed by atoms with Crippen LogP contribution in [0.15, 0.2) is 48.8 Å². The van der Waals surface area contributed by atoms with Gasteiger partial charge < -0.3 is 29.3 Å². The van der Waals surface area contributed by atoms with Crippen LogP contribution in [0.25, 0.3) is 0 Å². The zero-order valence-corrected chi connectivity index (χ0v) is 19.8. The maximum atomic E-state index is 13.1. The molecule has 0 saturated carbocycles. The SMILES string of the molecule is COC(=O)c1ccc(NC(=O)N2CCN(C(=O)OC(C)(C)C)CC2COc2cccnc2)cc1. The van der Waals surface area contributed by atoms with Gasteiger partial charge in [-0.3, -0.25) is 4.98 Å². The van der Waals surface area contributed by atoms with Crippen molar-refractivity contribution in [2.75, 3.05) is 38.7 Å². The molecule has 0 bridgehead atoms. The lowest BCUT2D eigenvalue weighted by Crippen LogP contribution is -2.59. The van der Waals surface area contributed by atoms with Crippen molar-refractivity contribution in [3.63, 3.8) is 0 Å². The van der Waals surface area contributed by atoms with E-state index in [0.717, 1.165) is 0 Å². The van der Waals surface area contributed by atoms with E-state index in [1.54, 1.807) is 58.6 Å². The molecule has 1 atom stereocenters. The first-order valence-electron chi connectivity index (χ1n) is 10.9. The number of anilines is 1. The first-order valence-corrected chi connectivity index (χ1v) is 10.9. The molecule has 0 spiro atoms. The molecule has 34 heavy (non-hydrogen) atoms. The van der Waals surface area contributed by atoms with Crippen molar-refractivity contribution < 1.29 is 28.6 Å². The van der Waals surface area contributed by atoms with Crippen LogP contribution in [0.4, 0.5) is 15.3 Å². The average Bonchev–Trinajstić information content (AvgIpc) is 2.82. The molecule has 0 radical (unpaired) electrons. The first-order chi connectivity index (χ1) is 16.2. The molecular formula is C24H30N4O6. The number of amides is 3. The summed E-state index contributed by atoms with van der Waals surface area (Å²) < 4.78 is 16.0. The lowest BCUT2D eigenvalue weighted by molar-refractivity contribution is 0.00537. The van der Waals surface area contributed by atoms with Crippen LogP contribution in [-0.2, 0) is 9.47 Å². The molecule has 2 aromatic rings. The number of nitrogens with one attached hydrogen (secondary N) is 1. The van der Waals surface area contributed by atoms with Gasteiger partial charge in [-0.2, -0.15) is 0 Å². The number of nitrogens with zero attached hydrogens (tertiary/aromatic N) is 3. The summed E-state index contributed by atoms with van der Waals surface area (Å²) in [5.74, 6) is 0.111. The Hall–Kier alpha value is -3.82. The third-order valence-electron chi connectivity index (χ3n) is 5.03. The molecule has 1 N–H and O–H groups in total. The van der Waals surface area contributed by atoms with Gasteiger partial charge >= 0.3 is 18.1 Å². The highest BCUT2D eigenvalue weighted by atomic mass is 16.6. The van der Waals surface area contributed by atoms with Gasteiger partial charge in [-0.25, -0.2) is 14.4 Å². The van der Waals surface area contributed by atoms with Crippen LogP contribution in [-0.4, -0.2) is 77.9 Å². The van der Waals surface area contributed by atoms with Crippen LogP contribution >= 0.6 is 0 Å². The molecule has 1 fully saturated rings. The Morgan fingerprint density at radius 1 is 1.12 bits per heavy atom. The quantitative estimate of drug-likeness (QED) is 0.667.